The Kier molecular flexibility index (Phi) is 4.46. The molecule has 1 saturated heterocycles. The summed E-state index contributed by atoms with van der Waals surface area (Å²) in [5.41, 5.74) is 0. The molecule has 78 valence electrons. The third-order valence-electron chi connectivity index (χ3n) is 3.39. The molecule has 0 N–H and O–H groups in total. The minimum absolute atomic E-state index is 0.369. The molecule has 0 aromatic heterocycles. The maximum atomic E-state index is 6.09. The topological polar surface area (TPSA) is 9.23 Å². The highest BCUT2D eigenvalue weighted by Gasteiger charge is 2.36. The van der Waals surface area contributed by atoms with Crippen molar-refractivity contribution in [1.82, 2.24) is 0 Å². The Bertz CT molecular complexity index is 139. The summed E-state index contributed by atoms with van der Waals surface area (Å²) in [6.45, 7) is 8.19. The molecular formula is C11H24OSi. The van der Waals surface area contributed by atoms with E-state index >= 15 is 0 Å². The molecule has 0 radical (unpaired) electrons. The zero-order valence-corrected chi connectivity index (χ0v) is 10.6. The van der Waals surface area contributed by atoms with E-state index in [9.17, 15) is 0 Å². The average Bonchev–Trinajstić information content (AvgIpc) is 2.16. The first kappa shape index (κ1) is 11.3. The van der Waals surface area contributed by atoms with Gasteiger partial charge in [-0.3, -0.25) is 0 Å². The third kappa shape index (κ3) is 2.81. The summed E-state index contributed by atoms with van der Waals surface area (Å²) in [6, 6.07) is 0. The molecule has 1 aliphatic rings. The Morgan fingerprint density at radius 1 is 1.31 bits per heavy atom. The average molecular weight is 200 g/mol. The lowest BCUT2D eigenvalue weighted by atomic mass is 10.0. The Balaban J connectivity index is 2.51. The third-order valence-corrected chi connectivity index (χ3v) is 6.24. The van der Waals surface area contributed by atoms with Gasteiger partial charge in [0.15, 0.2) is 0 Å². The van der Waals surface area contributed by atoms with Gasteiger partial charge in [0.05, 0.1) is 14.0 Å². The summed E-state index contributed by atoms with van der Waals surface area (Å²) in [5, 5.41) is 0.369. The van der Waals surface area contributed by atoms with Gasteiger partial charge < -0.3 is 4.74 Å². The van der Waals surface area contributed by atoms with E-state index in [1.54, 1.807) is 0 Å². The van der Waals surface area contributed by atoms with Crippen molar-refractivity contribution in [2.45, 2.75) is 63.8 Å². The van der Waals surface area contributed by atoms with Crippen LogP contribution in [0.4, 0.5) is 0 Å². The molecule has 0 aromatic rings. The zero-order valence-electron chi connectivity index (χ0n) is 9.44. The molecule has 1 heterocycles. The highest BCUT2D eigenvalue weighted by atomic mass is 28.3. The first-order valence-corrected chi connectivity index (χ1v) is 8.74. The maximum Gasteiger partial charge on any atom is 0.0695 e. The van der Waals surface area contributed by atoms with Crippen molar-refractivity contribution in [3.8, 4) is 0 Å². The van der Waals surface area contributed by atoms with Gasteiger partial charge in [-0.05, 0) is 25.7 Å². The summed E-state index contributed by atoms with van der Waals surface area (Å²) >= 11 is 0. The summed E-state index contributed by atoms with van der Waals surface area (Å²) in [5.74, 6) is 0. The molecule has 1 unspecified atom stereocenters. The van der Waals surface area contributed by atoms with E-state index in [1.807, 2.05) is 0 Å². The van der Waals surface area contributed by atoms with Crippen molar-refractivity contribution in [3.05, 3.63) is 0 Å². The predicted molar refractivity (Wildman–Crippen MR) is 60.9 cm³/mol. The molecule has 0 amide bonds. The van der Waals surface area contributed by atoms with Crippen LogP contribution in [0.2, 0.25) is 13.1 Å². The van der Waals surface area contributed by atoms with Crippen molar-refractivity contribution in [1.29, 1.82) is 0 Å². The van der Waals surface area contributed by atoms with E-state index in [1.165, 1.54) is 38.5 Å². The second-order valence-corrected chi connectivity index (χ2v) is 7.99. The van der Waals surface area contributed by atoms with Crippen LogP contribution >= 0.6 is 0 Å². The van der Waals surface area contributed by atoms with E-state index < -0.39 is 8.80 Å². The molecule has 2 heteroatoms. The lowest BCUT2D eigenvalue weighted by Gasteiger charge is -2.40. The van der Waals surface area contributed by atoms with Crippen LogP contribution in [-0.4, -0.2) is 20.6 Å². The SMILES string of the molecule is CCCCC1([SiH](C)C)CCCCO1. The van der Waals surface area contributed by atoms with E-state index in [0.29, 0.717) is 5.22 Å². The van der Waals surface area contributed by atoms with Crippen LogP contribution < -0.4 is 0 Å². The largest absolute Gasteiger partial charge is 0.379 e. The van der Waals surface area contributed by atoms with Crippen LogP contribution in [0.3, 0.4) is 0 Å². The highest BCUT2D eigenvalue weighted by Crippen LogP contribution is 2.32. The fourth-order valence-electron chi connectivity index (χ4n) is 2.29. The van der Waals surface area contributed by atoms with Gasteiger partial charge in [-0.1, -0.05) is 32.9 Å². The van der Waals surface area contributed by atoms with Gasteiger partial charge >= 0.3 is 0 Å². The van der Waals surface area contributed by atoms with Crippen molar-refractivity contribution in [3.63, 3.8) is 0 Å². The molecule has 1 nitrogen and oxygen atoms in total. The number of ether oxygens (including phenoxy) is 1. The monoisotopic (exact) mass is 200 g/mol. The van der Waals surface area contributed by atoms with Gasteiger partial charge in [-0.15, -0.1) is 0 Å². The minimum Gasteiger partial charge on any atom is -0.379 e. The molecule has 0 aromatic carbocycles. The molecule has 1 aliphatic heterocycles. The molecule has 0 saturated carbocycles. The van der Waals surface area contributed by atoms with Gasteiger partial charge in [0.2, 0.25) is 0 Å². The highest BCUT2D eigenvalue weighted by molar-refractivity contribution is 6.59. The van der Waals surface area contributed by atoms with Crippen molar-refractivity contribution in [2.75, 3.05) is 6.61 Å². The smallest absolute Gasteiger partial charge is 0.0695 e. The standard InChI is InChI=1S/C11H24OSi/c1-4-5-8-11(13(2)3)9-6-7-10-12-11/h13H,4-10H2,1-3H3. The molecule has 0 bridgehead atoms. The van der Waals surface area contributed by atoms with Crippen LogP contribution in [0.15, 0.2) is 0 Å². The van der Waals surface area contributed by atoms with Crippen molar-refractivity contribution in [2.24, 2.45) is 0 Å². The Labute approximate surface area is 84.5 Å². The van der Waals surface area contributed by atoms with Crippen LogP contribution in [0, 0.1) is 0 Å². The predicted octanol–water partition coefficient (Wildman–Crippen LogP) is 3.14. The van der Waals surface area contributed by atoms with E-state index in [-0.39, 0.29) is 0 Å². The first-order chi connectivity index (χ1) is 6.21. The van der Waals surface area contributed by atoms with E-state index in [0.717, 1.165) is 6.61 Å². The van der Waals surface area contributed by atoms with E-state index in [2.05, 4.69) is 20.0 Å². The number of hydrogen-bond acceptors (Lipinski definition) is 1. The number of hydrogen-bond donors (Lipinski definition) is 0. The fourth-order valence-corrected chi connectivity index (χ4v) is 4.31. The zero-order chi connectivity index (χ0) is 9.73. The van der Waals surface area contributed by atoms with Crippen LogP contribution in [0.5, 0.6) is 0 Å². The Morgan fingerprint density at radius 3 is 2.54 bits per heavy atom. The molecule has 1 atom stereocenters. The summed E-state index contributed by atoms with van der Waals surface area (Å²) < 4.78 is 6.09. The van der Waals surface area contributed by atoms with Gasteiger partial charge in [0.25, 0.3) is 0 Å². The molecule has 0 spiro atoms. The molecule has 13 heavy (non-hydrogen) atoms. The molecule has 1 fully saturated rings. The summed E-state index contributed by atoms with van der Waals surface area (Å²) in [7, 11) is -0.641. The minimum atomic E-state index is -0.641. The molecule has 1 rings (SSSR count). The first-order valence-electron chi connectivity index (χ1n) is 5.85. The lowest BCUT2D eigenvalue weighted by Crippen LogP contribution is -2.47. The Morgan fingerprint density at radius 2 is 2.08 bits per heavy atom. The van der Waals surface area contributed by atoms with Crippen molar-refractivity contribution >= 4 is 8.80 Å². The van der Waals surface area contributed by atoms with Gasteiger partial charge in [-0.25, -0.2) is 0 Å². The quantitative estimate of drug-likeness (QED) is 0.634. The lowest BCUT2D eigenvalue weighted by molar-refractivity contribution is -0.0289. The van der Waals surface area contributed by atoms with Crippen LogP contribution in [-0.2, 0) is 4.74 Å². The summed E-state index contributed by atoms with van der Waals surface area (Å²) in [6.07, 6.45) is 8.02. The van der Waals surface area contributed by atoms with Gasteiger partial charge in [-0.2, -0.15) is 0 Å². The van der Waals surface area contributed by atoms with Crippen molar-refractivity contribution < 1.29 is 4.74 Å². The summed E-state index contributed by atoms with van der Waals surface area (Å²) in [4.78, 5) is 0. The maximum absolute atomic E-state index is 6.09. The van der Waals surface area contributed by atoms with Gasteiger partial charge in [0, 0.05) is 6.61 Å². The van der Waals surface area contributed by atoms with Crippen LogP contribution in [0.25, 0.3) is 0 Å². The molecule has 0 aliphatic carbocycles. The van der Waals surface area contributed by atoms with E-state index in [4.69, 9.17) is 4.74 Å². The van der Waals surface area contributed by atoms with Gasteiger partial charge in [0.1, 0.15) is 0 Å². The second kappa shape index (κ2) is 5.16. The normalized spacial score (nSPS) is 29.5. The number of unbranched alkanes of at least 4 members (excludes halogenated alkanes) is 1. The van der Waals surface area contributed by atoms with Crippen LogP contribution in [0.1, 0.15) is 45.4 Å². The second-order valence-electron chi connectivity index (χ2n) is 4.63. The molecular weight excluding hydrogens is 176 g/mol. The number of rotatable bonds is 4. The Hall–Kier alpha value is 0.177. The fraction of sp³-hybridized carbons (Fsp3) is 1.00.